The molecule has 1 aliphatic heterocycles. The lowest BCUT2D eigenvalue weighted by atomic mass is 9.96. The monoisotopic (exact) mass is 574 g/mol. The summed E-state index contributed by atoms with van der Waals surface area (Å²) in [5, 5.41) is 20.8. The molecule has 0 aliphatic carbocycles. The van der Waals surface area contributed by atoms with Crippen molar-refractivity contribution in [3.05, 3.63) is 48.0 Å². The molecule has 0 bridgehead atoms. The van der Waals surface area contributed by atoms with Gasteiger partial charge in [-0.3, -0.25) is 14.4 Å². The van der Waals surface area contributed by atoms with Crippen LogP contribution >= 0.6 is 0 Å². The minimum absolute atomic E-state index is 0.00557. The summed E-state index contributed by atoms with van der Waals surface area (Å²) < 4.78 is 10.1. The summed E-state index contributed by atoms with van der Waals surface area (Å²) in [6.45, 7) is 7.44. The van der Waals surface area contributed by atoms with Crippen molar-refractivity contribution < 1.29 is 38.6 Å². The standard InChI is InChI=1S/C29H42N4O8/c1-5-40-24(35)12-11-22(16-21-13-14-30-26(21)36)31-27(37)23(15-18(2)3)32-28(38)25(19(4)34)33-29(39)41-17-20-9-7-6-8-10-20/h6-12,18-19,21-23,25,34H,5,13-17H2,1-4H3,(H,30,36)(H,31,37)(H,32,38)(H,33,39)/b12-11+/t19?,21-,22+,23+,25-/m0/s1. The second kappa shape index (κ2) is 17.0. The third-order valence-corrected chi connectivity index (χ3v) is 6.37. The smallest absolute Gasteiger partial charge is 0.408 e. The van der Waals surface area contributed by atoms with E-state index in [1.807, 2.05) is 19.9 Å². The number of aliphatic hydroxyl groups is 1. The van der Waals surface area contributed by atoms with E-state index in [1.165, 1.54) is 19.1 Å². The average molecular weight is 575 g/mol. The average Bonchev–Trinajstić information content (AvgIpc) is 3.32. The zero-order chi connectivity index (χ0) is 30.4. The molecule has 41 heavy (non-hydrogen) atoms. The number of nitrogens with one attached hydrogen (secondary N) is 4. The van der Waals surface area contributed by atoms with Crippen LogP contribution in [0.25, 0.3) is 0 Å². The van der Waals surface area contributed by atoms with Crippen molar-refractivity contribution >= 4 is 29.8 Å². The van der Waals surface area contributed by atoms with E-state index in [9.17, 15) is 29.1 Å². The second-order valence-electron chi connectivity index (χ2n) is 10.4. The van der Waals surface area contributed by atoms with Crippen molar-refractivity contribution in [1.29, 1.82) is 0 Å². The number of hydrogen-bond donors (Lipinski definition) is 5. The highest BCUT2D eigenvalue weighted by atomic mass is 16.5. The lowest BCUT2D eigenvalue weighted by Gasteiger charge is -2.27. The summed E-state index contributed by atoms with van der Waals surface area (Å²) >= 11 is 0. The largest absolute Gasteiger partial charge is 0.463 e. The van der Waals surface area contributed by atoms with E-state index in [4.69, 9.17) is 9.47 Å². The fraction of sp³-hybridized carbons (Fsp3) is 0.552. The third-order valence-electron chi connectivity index (χ3n) is 6.37. The first kappa shape index (κ1) is 33.3. The van der Waals surface area contributed by atoms with Gasteiger partial charge in [0, 0.05) is 24.6 Å². The van der Waals surface area contributed by atoms with Gasteiger partial charge in [-0.15, -0.1) is 0 Å². The Kier molecular flexibility index (Phi) is 13.8. The highest BCUT2D eigenvalue weighted by molar-refractivity contribution is 5.92. The minimum atomic E-state index is -1.39. The number of carbonyl (C=O) groups excluding carboxylic acids is 5. The van der Waals surface area contributed by atoms with E-state index in [1.54, 1.807) is 31.2 Å². The van der Waals surface area contributed by atoms with Crippen molar-refractivity contribution in [3.63, 3.8) is 0 Å². The van der Waals surface area contributed by atoms with E-state index in [0.717, 1.165) is 5.56 Å². The molecule has 226 valence electrons. The van der Waals surface area contributed by atoms with Crippen LogP contribution in [0.4, 0.5) is 4.79 Å². The topological polar surface area (TPSA) is 172 Å². The van der Waals surface area contributed by atoms with Gasteiger partial charge in [0.2, 0.25) is 17.7 Å². The van der Waals surface area contributed by atoms with Gasteiger partial charge in [0.05, 0.1) is 12.7 Å². The number of alkyl carbamates (subject to hydrolysis) is 1. The van der Waals surface area contributed by atoms with Crippen molar-refractivity contribution in [2.75, 3.05) is 13.2 Å². The maximum atomic E-state index is 13.4. The molecule has 2 rings (SSSR count). The second-order valence-corrected chi connectivity index (χ2v) is 10.4. The number of aliphatic hydroxyl groups excluding tert-OH is 1. The first-order valence-electron chi connectivity index (χ1n) is 13.9. The SMILES string of the molecule is CCOC(=O)/C=C/[C@H](C[C@@H]1CCNC1=O)NC(=O)[C@@H](CC(C)C)NC(=O)[C@@H](NC(=O)OCc1ccccc1)C(C)O. The molecule has 12 heteroatoms. The zero-order valence-electron chi connectivity index (χ0n) is 24.1. The number of benzene rings is 1. The van der Waals surface area contributed by atoms with Crippen molar-refractivity contribution in [2.24, 2.45) is 11.8 Å². The van der Waals surface area contributed by atoms with Crippen LogP contribution < -0.4 is 21.3 Å². The Morgan fingerprint density at radius 2 is 1.76 bits per heavy atom. The van der Waals surface area contributed by atoms with E-state index in [2.05, 4.69) is 21.3 Å². The number of carbonyl (C=O) groups is 5. The molecule has 1 saturated heterocycles. The summed E-state index contributed by atoms with van der Waals surface area (Å²) in [4.78, 5) is 62.9. The Labute approximate surface area is 240 Å². The molecule has 1 unspecified atom stereocenters. The van der Waals surface area contributed by atoms with Crippen LogP contribution in [0.5, 0.6) is 0 Å². The fourth-order valence-corrected chi connectivity index (χ4v) is 4.29. The molecule has 1 fully saturated rings. The molecule has 1 aromatic carbocycles. The molecule has 5 atom stereocenters. The Morgan fingerprint density at radius 3 is 2.34 bits per heavy atom. The molecule has 5 N–H and O–H groups in total. The number of ether oxygens (including phenoxy) is 2. The number of hydrogen-bond acceptors (Lipinski definition) is 8. The first-order valence-corrected chi connectivity index (χ1v) is 13.9. The molecule has 1 heterocycles. The molecule has 0 saturated carbocycles. The number of esters is 1. The summed E-state index contributed by atoms with van der Waals surface area (Å²) in [5.74, 6) is -2.39. The van der Waals surface area contributed by atoms with Gasteiger partial charge in [-0.25, -0.2) is 9.59 Å². The van der Waals surface area contributed by atoms with Crippen LogP contribution in [0.3, 0.4) is 0 Å². The summed E-state index contributed by atoms with van der Waals surface area (Å²) in [7, 11) is 0. The van der Waals surface area contributed by atoms with Gasteiger partial charge < -0.3 is 35.8 Å². The van der Waals surface area contributed by atoms with E-state index >= 15 is 0 Å². The Morgan fingerprint density at radius 1 is 1.05 bits per heavy atom. The van der Waals surface area contributed by atoms with Crippen LogP contribution in [-0.2, 0) is 35.3 Å². The van der Waals surface area contributed by atoms with Crippen LogP contribution in [0.15, 0.2) is 42.5 Å². The zero-order valence-corrected chi connectivity index (χ0v) is 24.1. The number of rotatable bonds is 15. The van der Waals surface area contributed by atoms with E-state index < -0.39 is 48.1 Å². The Hall–Kier alpha value is -3.93. The van der Waals surface area contributed by atoms with Gasteiger partial charge in [0.1, 0.15) is 18.7 Å². The summed E-state index contributed by atoms with van der Waals surface area (Å²) in [6, 6.07) is 5.86. The van der Waals surface area contributed by atoms with E-state index in [-0.39, 0.29) is 43.8 Å². The van der Waals surface area contributed by atoms with Gasteiger partial charge in [0.15, 0.2) is 0 Å². The molecule has 0 spiro atoms. The van der Waals surface area contributed by atoms with Gasteiger partial charge in [0.25, 0.3) is 0 Å². The third kappa shape index (κ3) is 12.0. The maximum absolute atomic E-state index is 13.4. The summed E-state index contributed by atoms with van der Waals surface area (Å²) in [5.41, 5.74) is 0.746. The maximum Gasteiger partial charge on any atom is 0.408 e. The first-order chi connectivity index (χ1) is 19.5. The quantitative estimate of drug-likeness (QED) is 0.154. The predicted octanol–water partition coefficient (Wildman–Crippen LogP) is 1.32. The van der Waals surface area contributed by atoms with Gasteiger partial charge >= 0.3 is 12.1 Å². The molecule has 12 nitrogen and oxygen atoms in total. The molecule has 0 radical (unpaired) electrons. The van der Waals surface area contributed by atoms with Crippen molar-refractivity contribution in [3.8, 4) is 0 Å². The molecule has 4 amide bonds. The van der Waals surface area contributed by atoms with Gasteiger partial charge in [-0.2, -0.15) is 0 Å². The predicted molar refractivity (Wildman–Crippen MR) is 150 cm³/mol. The summed E-state index contributed by atoms with van der Waals surface area (Å²) in [6.07, 6.45) is 1.57. The van der Waals surface area contributed by atoms with Crippen LogP contribution in [0.2, 0.25) is 0 Å². The van der Waals surface area contributed by atoms with Crippen molar-refractivity contribution in [2.45, 2.75) is 77.8 Å². The van der Waals surface area contributed by atoms with Crippen LogP contribution in [-0.4, -0.2) is 72.3 Å². The lowest BCUT2D eigenvalue weighted by Crippen LogP contribution is -2.58. The molecule has 0 aromatic heterocycles. The molecule has 1 aliphatic rings. The number of amides is 4. The Balaban J connectivity index is 2.10. The molecule has 1 aromatic rings. The highest BCUT2D eigenvalue weighted by Gasteiger charge is 2.32. The van der Waals surface area contributed by atoms with Gasteiger partial charge in [-0.05, 0) is 44.6 Å². The lowest BCUT2D eigenvalue weighted by molar-refractivity contribution is -0.137. The highest BCUT2D eigenvalue weighted by Crippen LogP contribution is 2.17. The van der Waals surface area contributed by atoms with Crippen LogP contribution in [0, 0.1) is 11.8 Å². The van der Waals surface area contributed by atoms with Gasteiger partial charge in [-0.1, -0.05) is 50.3 Å². The molecular weight excluding hydrogens is 532 g/mol. The van der Waals surface area contributed by atoms with Crippen molar-refractivity contribution in [1.82, 2.24) is 21.3 Å². The fourth-order valence-electron chi connectivity index (χ4n) is 4.29. The van der Waals surface area contributed by atoms with E-state index in [0.29, 0.717) is 13.0 Å². The molecular formula is C29H42N4O8. The minimum Gasteiger partial charge on any atom is -0.463 e. The Bertz CT molecular complexity index is 1060. The normalized spacial score (nSPS) is 17.7. The van der Waals surface area contributed by atoms with Crippen LogP contribution in [0.1, 0.15) is 52.5 Å².